The molecule has 0 aliphatic rings. The minimum Gasteiger partial charge on any atom is -0.264 e. The van der Waals surface area contributed by atoms with Crippen molar-refractivity contribution >= 4 is 0 Å². The fourth-order valence-electron chi connectivity index (χ4n) is 5.83. The molecule has 440 valence electrons. The van der Waals surface area contributed by atoms with Crippen LogP contribution in [0.25, 0.3) is 0 Å². The zero-order valence-corrected chi connectivity index (χ0v) is 49.2. The third-order valence-corrected chi connectivity index (χ3v) is 10.6. The molecule has 7 aromatic carbocycles. The maximum absolute atomic E-state index is 12.6. The van der Waals surface area contributed by atoms with E-state index in [1.54, 1.807) is 70.7 Å². The van der Waals surface area contributed by atoms with E-state index in [0.717, 1.165) is 35.3 Å². The van der Waals surface area contributed by atoms with Gasteiger partial charge >= 0.3 is 6.18 Å². The lowest BCUT2D eigenvalue weighted by molar-refractivity contribution is -0.137. The number of alkyl halides is 3. The summed E-state index contributed by atoms with van der Waals surface area (Å²) in [7, 11) is 0. The first-order valence-electron chi connectivity index (χ1n) is 26.0. The summed E-state index contributed by atoms with van der Waals surface area (Å²) >= 11 is 0. The summed E-state index contributed by atoms with van der Waals surface area (Å²) in [6.07, 6.45) is 4.62. The molecule has 0 amide bonds. The van der Waals surface area contributed by atoms with E-state index in [9.17, 15) is 35.1 Å². The Kier molecular flexibility index (Phi) is 37.8. The molecule has 0 spiro atoms. The molecule has 0 aliphatic heterocycles. The number of halogens is 8. The van der Waals surface area contributed by atoms with Crippen LogP contribution >= 0.6 is 0 Å². The van der Waals surface area contributed by atoms with Gasteiger partial charge in [-0.15, -0.1) is 0 Å². The fraction of sp³-hybridized carbons (Fsp3) is 0.211. The van der Waals surface area contributed by atoms with E-state index in [-0.39, 0.29) is 18.8 Å². The van der Waals surface area contributed by atoms with E-state index in [4.69, 9.17) is 0 Å². The second kappa shape index (κ2) is 42.2. The molecule has 4 nitrogen and oxygen atoms in total. The highest BCUT2D eigenvalue weighted by Crippen LogP contribution is 2.29. The number of aromatic nitrogens is 4. The molecular weight excluding hydrogens is 1060 g/mol. The Morgan fingerprint density at radius 3 is 1.02 bits per heavy atom. The van der Waals surface area contributed by atoms with Gasteiger partial charge in [-0.05, 0) is 172 Å². The first-order chi connectivity index (χ1) is 38.8. The molecule has 0 radical (unpaired) electrons. The Morgan fingerprint density at radius 1 is 0.313 bits per heavy atom. The van der Waals surface area contributed by atoms with Crippen molar-refractivity contribution in [3.63, 3.8) is 0 Å². The molecular formula is C71H80F8N4. The van der Waals surface area contributed by atoms with Crippen LogP contribution in [-0.4, -0.2) is 19.9 Å². The molecule has 0 saturated heterocycles. The Balaban J connectivity index is 0.000000902. The van der Waals surface area contributed by atoms with Gasteiger partial charge in [0.15, 0.2) is 0 Å². The molecule has 0 saturated carbocycles. The highest BCUT2D eigenvalue weighted by atomic mass is 19.4. The van der Waals surface area contributed by atoms with Gasteiger partial charge in [0, 0.05) is 48.3 Å². The second-order valence-corrected chi connectivity index (χ2v) is 18.6. The average Bonchev–Trinajstić information content (AvgIpc) is 3.46. The summed E-state index contributed by atoms with van der Waals surface area (Å²) in [4.78, 5) is 15.6. The van der Waals surface area contributed by atoms with Gasteiger partial charge in [-0.3, -0.25) is 9.97 Å². The van der Waals surface area contributed by atoms with Crippen molar-refractivity contribution in [1.29, 1.82) is 0 Å². The highest BCUT2D eigenvalue weighted by molar-refractivity contribution is 5.26. The fourth-order valence-corrected chi connectivity index (χ4v) is 5.83. The van der Waals surface area contributed by atoms with Crippen molar-refractivity contribution in [3.8, 4) is 0 Å². The highest BCUT2D eigenvalue weighted by Gasteiger charge is 2.29. The molecule has 10 rings (SSSR count). The summed E-state index contributed by atoms with van der Waals surface area (Å²) in [6.45, 7) is 24.2. The molecule has 83 heavy (non-hydrogen) atoms. The van der Waals surface area contributed by atoms with Crippen LogP contribution in [0, 0.1) is 119 Å². The van der Waals surface area contributed by atoms with Gasteiger partial charge in [0.2, 0.25) is 0 Å². The number of rotatable bonds is 0. The molecule has 0 N–H and O–H groups in total. The second-order valence-electron chi connectivity index (χ2n) is 18.6. The van der Waals surface area contributed by atoms with Crippen LogP contribution in [-0.2, 0) is 6.18 Å². The lowest BCUT2D eigenvalue weighted by atomic mass is 10.1. The summed E-state index contributed by atoms with van der Waals surface area (Å²) in [5.41, 5.74) is 10.5. The van der Waals surface area contributed by atoms with E-state index in [2.05, 4.69) is 96.2 Å². The molecule has 0 aliphatic carbocycles. The van der Waals surface area contributed by atoms with Gasteiger partial charge in [-0.2, -0.15) is 13.2 Å². The minimum absolute atomic E-state index is 0. The number of aryl methyl sites for hydroxylation is 12. The van der Waals surface area contributed by atoms with E-state index < -0.39 is 35.0 Å². The van der Waals surface area contributed by atoms with Crippen LogP contribution in [0.4, 0.5) is 35.1 Å². The summed E-state index contributed by atoms with van der Waals surface area (Å²) < 4.78 is 98.1. The predicted molar refractivity (Wildman–Crippen MR) is 329 cm³/mol. The number of hydrogen-bond acceptors (Lipinski definition) is 4. The zero-order chi connectivity index (χ0) is 61.5. The van der Waals surface area contributed by atoms with Crippen LogP contribution in [0.1, 0.15) is 85.7 Å². The first kappa shape index (κ1) is 74.4. The van der Waals surface area contributed by atoms with Crippen LogP contribution in [0.2, 0.25) is 0 Å². The molecule has 0 atom stereocenters. The van der Waals surface area contributed by atoms with Gasteiger partial charge in [-0.25, -0.2) is 31.9 Å². The van der Waals surface area contributed by atoms with Crippen LogP contribution < -0.4 is 0 Å². The van der Waals surface area contributed by atoms with Crippen molar-refractivity contribution in [3.05, 3.63) is 332 Å². The maximum atomic E-state index is 12.6. The molecule has 3 aromatic heterocycles. The Hall–Kier alpha value is -8.64. The quantitative estimate of drug-likeness (QED) is 0.142. The molecule has 12 heteroatoms. The van der Waals surface area contributed by atoms with Crippen LogP contribution in [0.5, 0.6) is 0 Å². The summed E-state index contributed by atoms with van der Waals surface area (Å²) in [6, 6.07) is 57.2. The number of nitrogens with zero attached hydrogens (tertiary/aromatic N) is 4. The van der Waals surface area contributed by atoms with Gasteiger partial charge in [0.1, 0.15) is 34.9 Å². The van der Waals surface area contributed by atoms with Gasteiger partial charge in [-0.1, -0.05) is 169 Å². The van der Waals surface area contributed by atoms with E-state index in [1.807, 2.05) is 107 Å². The number of benzene rings is 7. The van der Waals surface area contributed by atoms with Crippen molar-refractivity contribution in [2.45, 2.75) is 104 Å². The third kappa shape index (κ3) is 37.8. The largest absolute Gasteiger partial charge is 0.416 e. The number of hydrogen-bond donors (Lipinski definition) is 0. The Morgan fingerprint density at radius 2 is 0.723 bits per heavy atom. The average molecular weight is 1140 g/mol. The Labute approximate surface area is 489 Å². The van der Waals surface area contributed by atoms with E-state index >= 15 is 0 Å². The molecule has 0 fully saturated rings. The normalized spacial score (nSPS) is 9.41. The Bertz CT molecular complexity index is 2920. The van der Waals surface area contributed by atoms with E-state index in [1.165, 1.54) is 71.1 Å². The molecule has 3 heterocycles. The van der Waals surface area contributed by atoms with Gasteiger partial charge in [0.05, 0.1) is 5.56 Å². The molecule has 0 unspecified atom stereocenters. The summed E-state index contributed by atoms with van der Waals surface area (Å²) in [5.74, 6) is -1.26. The van der Waals surface area contributed by atoms with E-state index in [0.29, 0.717) is 22.3 Å². The zero-order valence-electron chi connectivity index (χ0n) is 49.2. The minimum atomic E-state index is -4.22. The van der Waals surface area contributed by atoms with Gasteiger partial charge < -0.3 is 0 Å². The standard InChI is InChI=1S/C8H7F3.C8H8F2.C8H9F.C8H10.C7H6F2.2C7H8.2C6H7N.C5H6N2.CH4/c1-6-3-2-4-7(5-6)8(9,10)11;1-5-3-7(9)6(2)8(10)4-5;1-6-3-4-7(2)8(9)5-6;1-7-3-5-8(2)6-4-7;1-5-2-3-6(8)4-7(5)9;2*1-7-5-3-2-4-6-7;1-6-3-2-4-7-5-6;1-6-4-2-3-5-7-6;1-5-6-3-2-4-7-5;/h2-5H,1H3;3-4H,1-2H3;3-5H,1-2H3;3-6H,1-2H3;2-4H,1H3;2*2-6H,1H3;2*2-5H,1H3;2-4H,1H3;1H4. The smallest absolute Gasteiger partial charge is 0.264 e. The monoisotopic (exact) mass is 1140 g/mol. The van der Waals surface area contributed by atoms with Gasteiger partial charge in [0.25, 0.3) is 0 Å². The van der Waals surface area contributed by atoms with Crippen molar-refractivity contribution in [1.82, 2.24) is 19.9 Å². The lowest BCUT2D eigenvalue weighted by Crippen LogP contribution is -2.04. The van der Waals surface area contributed by atoms with Crippen molar-refractivity contribution in [2.75, 3.05) is 0 Å². The van der Waals surface area contributed by atoms with Crippen LogP contribution in [0.15, 0.2) is 225 Å². The molecule has 0 bridgehead atoms. The topological polar surface area (TPSA) is 51.6 Å². The van der Waals surface area contributed by atoms with Crippen molar-refractivity contribution in [2.24, 2.45) is 0 Å². The predicted octanol–water partition coefficient (Wildman–Crippen LogP) is 20.8. The lowest BCUT2D eigenvalue weighted by Gasteiger charge is -2.05. The van der Waals surface area contributed by atoms with Crippen molar-refractivity contribution < 1.29 is 35.1 Å². The third-order valence-electron chi connectivity index (χ3n) is 10.6. The van der Waals surface area contributed by atoms with Crippen LogP contribution in [0.3, 0.4) is 0 Å². The molecule has 10 aromatic rings. The number of pyridine rings is 2. The maximum Gasteiger partial charge on any atom is 0.416 e. The summed E-state index contributed by atoms with van der Waals surface area (Å²) in [5, 5.41) is 0. The SMILES string of the molecule is C.Cc1cc(F)c(C)c(F)c1.Cc1ccc(C)c(F)c1.Cc1ccc(C)cc1.Cc1ccc(F)cc1F.Cc1cccc(C(F)(F)F)c1.Cc1ccccc1.Cc1ccccc1.Cc1ccccn1.Cc1cccnc1.Cc1ncccn1. The first-order valence-corrected chi connectivity index (χ1v) is 26.0.